The molecule has 0 spiro atoms. The van der Waals surface area contributed by atoms with E-state index in [9.17, 15) is 4.79 Å². The number of hydrogen-bond donors (Lipinski definition) is 1. The van der Waals surface area contributed by atoms with Gasteiger partial charge >= 0.3 is 0 Å². The maximum Gasteiger partial charge on any atom is 0.256 e. The van der Waals surface area contributed by atoms with Crippen LogP contribution in [0.25, 0.3) is 0 Å². The quantitative estimate of drug-likeness (QED) is 0.674. The molecule has 1 atom stereocenters. The maximum atomic E-state index is 12.3. The van der Waals surface area contributed by atoms with Crippen molar-refractivity contribution in [2.75, 3.05) is 32.2 Å². The summed E-state index contributed by atoms with van der Waals surface area (Å²) in [7, 11) is 1.56. The first-order valence-electron chi connectivity index (χ1n) is 7.73. The number of rotatable bonds is 10. The van der Waals surface area contributed by atoms with E-state index in [1.165, 1.54) is 0 Å². The van der Waals surface area contributed by atoms with Crippen molar-refractivity contribution in [2.45, 2.75) is 39.2 Å². The van der Waals surface area contributed by atoms with Gasteiger partial charge in [0.1, 0.15) is 18.0 Å². The number of carbonyl (C=O) groups is 1. The van der Waals surface area contributed by atoms with Gasteiger partial charge in [0, 0.05) is 19.4 Å². The molecule has 1 amide bonds. The van der Waals surface area contributed by atoms with Gasteiger partial charge in [0.2, 0.25) is 0 Å². The van der Waals surface area contributed by atoms with Gasteiger partial charge in [0.05, 0.1) is 6.61 Å². The molecule has 22 heavy (non-hydrogen) atoms. The predicted octanol–water partition coefficient (Wildman–Crippen LogP) is 3.25. The zero-order chi connectivity index (χ0) is 16.4. The van der Waals surface area contributed by atoms with Gasteiger partial charge in [-0.1, -0.05) is 13.3 Å². The van der Waals surface area contributed by atoms with Crippen molar-refractivity contribution < 1.29 is 19.0 Å². The fourth-order valence-electron chi connectivity index (χ4n) is 2.05. The lowest BCUT2D eigenvalue weighted by Crippen LogP contribution is -2.41. The SMILES string of the molecule is CCCC(C)(OC)C(=O)Nc1ccc(OCCOCC)cc1. The maximum absolute atomic E-state index is 12.3. The van der Waals surface area contributed by atoms with Crippen LogP contribution < -0.4 is 10.1 Å². The zero-order valence-electron chi connectivity index (χ0n) is 14.0. The molecule has 1 aromatic rings. The van der Waals surface area contributed by atoms with Crippen molar-refractivity contribution in [3.05, 3.63) is 24.3 Å². The molecule has 124 valence electrons. The second-order valence-electron chi connectivity index (χ2n) is 5.21. The molecule has 0 aliphatic heterocycles. The van der Waals surface area contributed by atoms with E-state index in [4.69, 9.17) is 14.2 Å². The van der Waals surface area contributed by atoms with Crippen molar-refractivity contribution in [3.8, 4) is 5.75 Å². The van der Waals surface area contributed by atoms with Crippen LogP contribution in [0.4, 0.5) is 5.69 Å². The van der Waals surface area contributed by atoms with Gasteiger partial charge in [-0.2, -0.15) is 0 Å². The number of hydrogen-bond acceptors (Lipinski definition) is 4. The molecule has 0 bridgehead atoms. The van der Waals surface area contributed by atoms with Crippen molar-refractivity contribution in [1.82, 2.24) is 0 Å². The molecule has 0 aliphatic rings. The first-order valence-corrected chi connectivity index (χ1v) is 7.73. The lowest BCUT2D eigenvalue weighted by molar-refractivity contribution is -0.136. The van der Waals surface area contributed by atoms with Crippen LogP contribution in [0.2, 0.25) is 0 Å². The molecular formula is C17H27NO4. The third-order valence-electron chi connectivity index (χ3n) is 3.47. The summed E-state index contributed by atoms with van der Waals surface area (Å²) in [4.78, 5) is 12.3. The second-order valence-corrected chi connectivity index (χ2v) is 5.21. The van der Waals surface area contributed by atoms with E-state index in [0.717, 1.165) is 17.9 Å². The van der Waals surface area contributed by atoms with Crippen LogP contribution in [-0.2, 0) is 14.3 Å². The van der Waals surface area contributed by atoms with E-state index in [0.29, 0.717) is 26.2 Å². The van der Waals surface area contributed by atoms with Gasteiger partial charge in [-0.3, -0.25) is 4.79 Å². The molecule has 0 aliphatic carbocycles. The number of benzene rings is 1. The van der Waals surface area contributed by atoms with E-state index >= 15 is 0 Å². The first-order chi connectivity index (χ1) is 10.6. The number of methoxy groups -OCH3 is 1. The summed E-state index contributed by atoms with van der Waals surface area (Å²) in [5.41, 5.74) is -0.0805. The summed E-state index contributed by atoms with van der Waals surface area (Å²) in [6, 6.07) is 7.28. The lowest BCUT2D eigenvalue weighted by atomic mass is 9.99. The van der Waals surface area contributed by atoms with Crippen LogP contribution in [0.1, 0.15) is 33.6 Å². The predicted molar refractivity (Wildman–Crippen MR) is 87.4 cm³/mol. The van der Waals surface area contributed by atoms with Gasteiger partial charge in [-0.25, -0.2) is 0 Å². The number of anilines is 1. The third kappa shape index (κ3) is 5.66. The Morgan fingerprint density at radius 2 is 1.86 bits per heavy atom. The molecule has 0 saturated heterocycles. The fraction of sp³-hybridized carbons (Fsp3) is 0.588. The number of ether oxygens (including phenoxy) is 3. The van der Waals surface area contributed by atoms with Gasteiger partial charge in [0.25, 0.3) is 5.91 Å². The Labute approximate surface area is 132 Å². The van der Waals surface area contributed by atoms with E-state index in [1.807, 2.05) is 38.1 Å². The molecule has 0 heterocycles. The normalized spacial score (nSPS) is 13.5. The minimum atomic E-state index is -0.804. The average molecular weight is 309 g/mol. The minimum absolute atomic E-state index is 0.137. The van der Waals surface area contributed by atoms with E-state index in [2.05, 4.69) is 5.32 Å². The van der Waals surface area contributed by atoms with Crippen LogP contribution in [0, 0.1) is 0 Å². The Morgan fingerprint density at radius 1 is 1.18 bits per heavy atom. The highest BCUT2D eigenvalue weighted by molar-refractivity contribution is 5.97. The third-order valence-corrected chi connectivity index (χ3v) is 3.47. The molecule has 0 fully saturated rings. The Hall–Kier alpha value is -1.59. The standard InChI is InChI=1S/C17H27NO4/c1-5-11-17(3,20-4)16(19)18-14-7-9-15(10-8-14)22-13-12-21-6-2/h7-10H,5-6,11-13H2,1-4H3,(H,18,19). The Bertz CT molecular complexity index is 446. The van der Waals surface area contributed by atoms with Crippen LogP contribution in [0.5, 0.6) is 5.75 Å². The fourth-order valence-corrected chi connectivity index (χ4v) is 2.05. The molecule has 1 aromatic carbocycles. The number of amides is 1. The molecule has 0 radical (unpaired) electrons. The highest BCUT2D eigenvalue weighted by Gasteiger charge is 2.31. The van der Waals surface area contributed by atoms with E-state index in [-0.39, 0.29) is 5.91 Å². The highest BCUT2D eigenvalue weighted by Crippen LogP contribution is 2.21. The van der Waals surface area contributed by atoms with Crippen molar-refractivity contribution >= 4 is 11.6 Å². The lowest BCUT2D eigenvalue weighted by Gasteiger charge is -2.26. The Kier molecular flexibility index (Phi) is 7.91. The molecule has 0 aromatic heterocycles. The largest absolute Gasteiger partial charge is 0.491 e. The zero-order valence-corrected chi connectivity index (χ0v) is 14.0. The topological polar surface area (TPSA) is 56.8 Å². The summed E-state index contributed by atoms with van der Waals surface area (Å²) >= 11 is 0. The van der Waals surface area contributed by atoms with Gasteiger partial charge < -0.3 is 19.5 Å². The highest BCUT2D eigenvalue weighted by atomic mass is 16.5. The smallest absolute Gasteiger partial charge is 0.256 e. The van der Waals surface area contributed by atoms with Gasteiger partial charge in [0.15, 0.2) is 0 Å². The van der Waals surface area contributed by atoms with Crippen molar-refractivity contribution in [2.24, 2.45) is 0 Å². The summed E-state index contributed by atoms with van der Waals surface area (Å²) < 4.78 is 16.1. The molecular weight excluding hydrogens is 282 g/mol. The van der Waals surface area contributed by atoms with Crippen molar-refractivity contribution in [1.29, 1.82) is 0 Å². The van der Waals surface area contributed by atoms with Crippen LogP contribution >= 0.6 is 0 Å². The molecule has 0 saturated carbocycles. The minimum Gasteiger partial charge on any atom is -0.491 e. The number of nitrogens with one attached hydrogen (secondary N) is 1. The van der Waals surface area contributed by atoms with Gasteiger partial charge in [-0.15, -0.1) is 0 Å². The molecule has 5 nitrogen and oxygen atoms in total. The van der Waals surface area contributed by atoms with E-state index in [1.54, 1.807) is 14.0 Å². The van der Waals surface area contributed by atoms with E-state index < -0.39 is 5.60 Å². The summed E-state index contributed by atoms with van der Waals surface area (Å²) in [5.74, 6) is 0.614. The first kappa shape index (κ1) is 18.5. The summed E-state index contributed by atoms with van der Waals surface area (Å²) in [6.45, 7) is 7.54. The Balaban J connectivity index is 2.54. The van der Waals surface area contributed by atoms with Crippen LogP contribution in [0.15, 0.2) is 24.3 Å². The molecule has 5 heteroatoms. The van der Waals surface area contributed by atoms with Gasteiger partial charge in [-0.05, 0) is 44.5 Å². The molecule has 1 rings (SSSR count). The molecule has 1 N–H and O–H groups in total. The summed E-state index contributed by atoms with van der Waals surface area (Å²) in [6.07, 6.45) is 1.55. The Morgan fingerprint density at radius 3 is 2.41 bits per heavy atom. The van der Waals surface area contributed by atoms with Crippen LogP contribution in [0.3, 0.4) is 0 Å². The van der Waals surface area contributed by atoms with Crippen LogP contribution in [-0.4, -0.2) is 38.4 Å². The van der Waals surface area contributed by atoms with Crippen molar-refractivity contribution in [3.63, 3.8) is 0 Å². The summed E-state index contributed by atoms with van der Waals surface area (Å²) in [5, 5.41) is 2.88. The second kappa shape index (κ2) is 9.43. The monoisotopic (exact) mass is 309 g/mol. The average Bonchev–Trinajstić information content (AvgIpc) is 2.53. The number of carbonyl (C=O) groups excluding carboxylic acids is 1. The molecule has 1 unspecified atom stereocenters.